The summed E-state index contributed by atoms with van der Waals surface area (Å²) < 4.78 is 5.52. The highest BCUT2D eigenvalue weighted by Crippen LogP contribution is 2.08. The van der Waals surface area contributed by atoms with E-state index in [0.717, 1.165) is 19.1 Å². The second kappa shape index (κ2) is 6.38. The Kier molecular flexibility index (Phi) is 5.45. The Morgan fingerprint density at radius 2 is 2.29 bits per heavy atom. The number of rotatable bonds is 6. The minimum Gasteiger partial charge on any atom is -0.377 e. The van der Waals surface area contributed by atoms with Crippen molar-refractivity contribution in [1.82, 2.24) is 10.2 Å². The van der Waals surface area contributed by atoms with Crippen molar-refractivity contribution in [3.8, 4) is 0 Å². The second-order valence-electron chi connectivity index (χ2n) is 4.54. The largest absolute Gasteiger partial charge is 0.377 e. The first-order chi connectivity index (χ1) is 6.68. The Morgan fingerprint density at radius 3 is 2.86 bits per heavy atom. The summed E-state index contributed by atoms with van der Waals surface area (Å²) in [5.41, 5.74) is 0. The van der Waals surface area contributed by atoms with Crippen molar-refractivity contribution in [2.24, 2.45) is 5.92 Å². The molecule has 0 aliphatic carbocycles. The minimum atomic E-state index is 0.358. The summed E-state index contributed by atoms with van der Waals surface area (Å²) in [6.07, 6.45) is 1.69. The second-order valence-corrected chi connectivity index (χ2v) is 4.54. The summed E-state index contributed by atoms with van der Waals surface area (Å²) >= 11 is 0. The smallest absolute Gasteiger partial charge is 0.0596 e. The van der Waals surface area contributed by atoms with E-state index in [9.17, 15) is 0 Å². The van der Waals surface area contributed by atoms with Crippen LogP contribution in [-0.2, 0) is 4.74 Å². The summed E-state index contributed by atoms with van der Waals surface area (Å²) in [4.78, 5) is 2.38. The molecular weight excluding hydrogens is 176 g/mol. The average Bonchev–Trinajstić information content (AvgIpc) is 2.56. The van der Waals surface area contributed by atoms with Gasteiger partial charge in [0.15, 0.2) is 0 Å². The van der Waals surface area contributed by atoms with Crippen LogP contribution in [0.25, 0.3) is 0 Å². The van der Waals surface area contributed by atoms with Gasteiger partial charge in [0.25, 0.3) is 0 Å². The van der Waals surface area contributed by atoms with Crippen molar-refractivity contribution in [3.63, 3.8) is 0 Å². The highest BCUT2D eigenvalue weighted by Gasteiger charge is 2.15. The molecule has 0 aromatic heterocycles. The van der Waals surface area contributed by atoms with Gasteiger partial charge in [0.05, 0.1) is 12.7 Å². The Balaban J connectivity index is 2.00. The van der Waals surface area contributed by atoms with E-state index in [0.29, 0.717) is 6.10 Å². The van der Waals surface area contributed by atoms with Crippen LogP contribution in [0.2, 0.25) is 0 Å². The standard InChI is InChI=1S/C11H24N2O/c1-10(2)14-7-6-13(3)9-11-4-5-12-8-11/h10-12H,4-9H2,1-3H3. The fourth-order valence-corrected chi connectivity index (χ4v) is 1.85. The number of hydrogen-bond donors (Lipinski definition) is 1. The van der Waals surface area contributed by atoms with E-state index in [1.807, 2.05) is 0 Å². The van der Waals surface area contributed by atoms with Gasteiger partial charge in [0.2, 0.25) is 0 Å². The van der Waals surface area contributed by atoms with E-state index in [1.54, 1.807) is 0 Å². The first-order valence-corrected chi connectivity index (χ1v) is 5.69. The van der Waals surface area contributed by atoms with E-state index in [-0.39, 0.29) is 0 Å². The third kappa shape index (κ3) is 4.94. The van der Waals surface area contributed by atoms with Gasteiger partial charge in [0.1, 0.15) is 0 Å². The van der Waals surface area contributed by atoms with Crippen LogP contribution in [0, 0.1) is 5.92 Å². The van der Waals surface area contributed by atoms with Crippen molar-refractivity contribution in [3.05, 3.63) is 0 Å². The maximum atomic E-state index is 5.52. The number of nitrogens with zero attached hydrogens (tertiary/aromatic N) is 1. The van der Waals surface area contributed by atoms with E-state index in [2.05, 4.69) is 31.1 Å². The maximum absolute atomic E-state index is 5.52. The first kappa shape index (κ1) is 12.0. The number of nitrogens with one attached hydrogen (secondary N) is 1. The van der Waals surface area contributed by atoms with Crippen LogP contribution in [0.15, 0.2) is 0 Å². The Labute approximate surface area is 87.8 Å². The molecule has 1 saturated heterocycles. The molecule has 0 aromatic rings. The van der Waals surface area contributed by atoms with Crippen molar-refractivity contribution in [1.29, 1.82) is 0 Å². The van der Waals surface area contributed by atoms with Crippen LogP contribution in [0.1, 0.15) is 20.3 Å². The zero-order valence-electron chi connectivity index (χ0n) is 9.75. The lowest BCUT2D eigenvalue weighted by molar-refractivity contribution is 0.0617. The van der Waals surface area contributed by atoms with Crippen LogP contribution < -0.4 is 5.32 Å². The molecule has 84 valence electrons. The summed E-state index contributed by atoms with van der Waals surface area (Å²) in [5, 5.41) is 3.39. The Hall–Kier alpha value is -0.120. The highest BCUT2D eigenvalue weighted by molar-refractivity contribution is 4.73. The third-order valence-electron chi connectivity index (χ3n) is 2.66. The van der Waals surface area contributed by atoms with Crippen LogP contribution >= 0.6 is 0 Å². The predicted molar refractivity (Wildman–Crippen MR) is 59.6 cm³/mol. The molecule has 1 unspecified atom stereocenters. The number of ether oxygens (including phenoxy) is 1. The topological polar surface area (TPSA) is 24.5 Å². The fourth-order valence-electron chi connectivity index (χ4n) is 1.85. The number of hydrogen-bond acceptors (Lipinski definition) is 3. The lowest BCUT2D eigenvalue weighted by Gasteiger charge is -2.20. The lowest BCUT2D eigenvalue weighted by Crippen LogP contribution is -2.30. The van der Waals surface area contributed by atoms with E-state index < -0.39 is 0 Å². The minimum absolute atomic E-state index is 0.358. The van der Waals surface area contributed by atoms with E-state index >= 15 is 0 Å². The molecule has 1 N–H and O–H groups in total. The molecule has 0 radical (unpaired) electrons. The lowest BCUT2D eigenvalue weighted by atomic mass is 10.1. The van der Waals surface area contributed by atoms with Gasteiger partial charge in [-0.25, -0.2) is 0 Å². The van der Waals surface area contributed by atoms with Gasteiger partial charge in [-0.2, -0.15) is 0 Å². The van der Waals surface area contributed by atoms with Gasteiger partial charge in [-0.1, -0.05) is 0 Å². The molecule has 0 aromatic carbocycles. The fraction of sp³-hybridized carbons (Fsp3) is 1.00. The molecule has 1 rings (SSSR count). The molecule has 1 aliphatic rings. The Morgan fingerprint density at radius 1 is 1.50 bits per heavy atom. The van der Waals surface area contributed by atoms with Crippen LogP contribution in [0.3, 0.4) is 0 Å². The van der Waals surface area contributed by atoms with Gasteiger partial charge in [-0.3, -0.25) is 0 Å². The summed E-state index contributed by atoms with van der Waals surface area (Å²) in [6.45, 7) is 9.66. The van der Waals surface area contributed by atoms with Gasteiger partial charge in [-0.15, -0.1) is 0 Å². The summed E-state index contributed by atoms with van der Waals surface area (Å²) in [7, 11) is 2.18. The monoisotopic (exact) mass is 200 g/mol. The maximum Gasteiger partial charge on any atom is 0.0596 e. The zero-order valence-corrected chi connectivity index (χ0v) is 9.75. The molecule has 1 aliphatic heterocycles. The molecular formula is C11H24N2O. The zero-order chi connectivity index (χ0) is 10.4. The molecule has 1 heterocycles. The van der Waals surface area contributed by atoms with E-state index in [1.165, 1.54) is 26.1 Å². The average molecular weight is 200 g/mol. The normalized spacial score (nSPS) is 22.5. The molecule has 0 amide bonds. The molecule has 3 heteroatoms. The first-order valence-electron chi connectivity index (χ1n) is 5.69. The summed E-state index contributed by atoms with van der Waals surface area (Å²) in [5.74, 6) is 0.846. The highest BCUT2D eigenvalue weighted by atomic mass is 16.5. The molecule has 1 atom stereocenters. The third-order valence-corrected chi connectivity index (χ3v) is 2.66. The van der Waals surface area contributed by atoms with E-state index in [4.69, 9.17) is 4.74 Å². The molecule has 1 fully saturated rings. The SMILES string of the molecule is CC(C)OCCN(C)CC1CCNC1. The van der Waals surface area contributed by atoms with Crippen molar-refractivity contribution in [2.75, 3.05) is 39.8 Å². The van der Waals surface area contributed by atoms with Crippen LogP contribution in [0.4, 0.5) is 0 Å². The molecule has 0 saturated carbocycles. The molecule has 3 nitrogen and oxygen atoms in total. The van der Waals surface area contributed by atoms with Gasteiger partial charge in [-0.05, 0) is 46.3 Å². The van der Waals surface area contributed by atoms with Gasteiger partial charge >= 0.3 is 0 Å². The quantitative estimate of drug-likeness (QED) is 0.691. The number of likely N-dealkylation sites (N-methyl/N-ethyl adjacent to an activating group) is 1. The van der Waals surface area contributed by atoms with Crippen molar-refractivity contribution in [2.45, 2.75) is 26.4 Å². The van der Waals surface area contributed by atoms with Gasteiger partial charge < -0.3 is 15.0 Å². The van der Waals surface area contributed by atoms with Crippen LogP contribution in [-0.4, -0.2) is 50.8 Å². The molecule has 14 heavy (non-hydrogen) atoms. The Bertz CT molecular complexity index is 144. The van der Waals surface area contributed by atoms with Crippen molar-refractivity contribution >= 4 is 0 Å². The van der Waals surface area contributed by atoms with Gasteiger partial charge in [0, 0.05) is 13.1 Å². The molecule has 0 spiro atoms. The summed E-state index contributed by atoms with van der Waals surface area (Å²) in [6, 6.07) is 0. The van der Waals surface area contributed by atoms with Crippen LogP contribution in [0.5, 0.6) is 0 Å². The predicted octanol–water partition coefficient (Wildman–Crippen LogP) is 0.953. The van der Waals surface area contributed by atoms with Crippen molar-refractivity contribution < 1.29 is 4.74 Å². The molecule has 0 bridgehead atoms.